The van der Waals surface area contributed by atoms with Gasteiger partial charge in [-0.05, 0) is 30.7 Å². The largest absolute Gasteiger partial charge is 0.386 e. The van der Waals surface area contributed by atoms with Crippen LogP contribution < -0.4 is 0 Å². The van der Waals surface area contributed by atoms with E-state index in [0.717, 1.165) is 16.6 Å². The second kappa shape index (κ2) is 3.95. The Bertz CT molecular complexity index is 484. The fourth-order valence-corrected chi connectivity index (χ4v) is 1.54. The number of hydrogen-bond acceptors (Lipinski definition) is 2. The van der Waals surface area contributed by atoms with Crippen LogP contribution in [0.2, 0.25) is 0 Å². The maximum atomic E-state index is 12.3. The van der Waals surface area contributed by atoms with Crippen LogP contribution in [0.4, 0.5) is 4.39 Å². The summed E-state index contributed by atoms with van der Waals surface area (Å²) >= 11 is 0. The summed E-state index contributed by atoms with van der Waals surface area (Å²) in [6.45, 7) is 1.16. The topological polar surface area (TPSA) is 33.1 Å². The van der Waals surface area contributed by atoms with E-state index in [2.05, 4.69) is 4.98 Å². The number of aryl methyl sites for hydroxylation is 1. The van der Waals surface area contributed by atoms with Crippen LogP contribution >= 0.6 is 0 Å². The number of pyridine rings is 1. The molecule has 1 aromatic carbocycles. The zero-order valence-electron chi connectivity index (χ0n) is 8.44. The van der Waals surface area contributed by atoms with E-state index >= 15 is 0 Å². The number of aliphatic hydroxyl groups excluding tert-OH is 1. The number of aliphatic hydroxyl groups is 1. The Hall–Kier alpha value is -1.48. The molecule has 0 aliphatic heterocycles. The summed E-state index contributed by atoms with van der Waals surface area (Å²) in [4.78, 5) is 4.33. The molecule has 2 rings (SSSR count). The van der Waals surface area contributed by atoms with Crippen LogP contribution in [0, 0.1) is 6.92 Å². The number of rotatable bonds is 2. The Morgan fingerprint density at radius 3 is 2.87 bits per heavy atom. The molecule has 0 saturated heterocycles. The molecule has 3 heteroatoms. The molecule has 0 radical (unpaired) electrons. The Morgan fingerprint density at radius 2 is 2.13 bits per heavy atom. The van der Waals surface area contributed by atoms with Gasteiger partial charge in [0.05, 0.1) is 5.52 Å². The maximum absolute atomic E-state index is 12.3. The van der Waals surface area contributed by atoms with Gasteiger partial charge in [-0.2, -0.15) is 0 Å². The number of aromatic nitrogens is 1. The van der Waals surface area contributed by atoms with E-state index in [1.807, 2.05) is 19.1 Å². The SMILES string of the molecule is Cc1ccc2cc(C(O)CF)ccc2n1. The van der Waals surface area contributed by atoms with Gasteiger partial charge in [0.2, 0.25) is 0 Å². The summed E-state index contributed by atoms with van der Waals surface area (Å²) in [5, 5.41) is 10.3. The predicted molar refractivity (Wildman–Crippen MR) is 57.4 cm³/mol. The van der Waals surface area contributed by atoms with Crippen molar-refractivity contribution < 1.29 is 9.50 Å². The molecule has 0 aliphatic rings. The lowest BCUT2D eigenvalue weighted by atomic mass is 10.1. The molecule has 78 valence electrons. The first kappa shape index (κ1) is 10.1. The molecule has 1 atom stereocenters. The van der Waals surface area contributed by atoms with Crippen molar-refractivity contribution in [1.82, 2.24) is 4.98 Å². The fourth-order valence-electron chi connectivity index (χ4n) is 1.54. The minimum atomic E-state index is -1.03. The molecule has 1 N–H and O–H groups in total. The van der Waals surface area contributed by atoms with Crippen molar-refractivity contribution in [3.63, 3.8) is 0 Å². The second-order valence-electron chi connectivity index (χ2n) is 3.57. The van der Waals surface area contributed by atoms with E-state index in [-0.39, 0.29) is 0 Å². The molecule has 2 aromatic rings. The zero-order valence-corrected chi connectivity index (χ0v) is 8.44. The van der Waals surface area contributed by atoms with Gasteiger partial charge in [-0.15, -0.1) is 0 Å². The smallest absolute Gasteiger partial charge is 0.119 e. The molecular formula is C12H12FNO. The van der Waals surface area contributed by atoms with Gasteiger partial charge in [-0.3, -0.25) is 4.98 Å². The molecule has 1 heterocycles. The van der Waals surface area contributed by atoms with Gasteiger partial charge in [0.1, 0.15) is 12.8 Å². The van der Waals surface area contributed by atoms with Crippen LogP contribution in [0.1, 0.15) is 17.4 Å². The summed E-state index contributed by atoms with van der Waals surface area (Å²) in [5.74, 6) is 0. The molecular weight excluding hydrogens is 193 g/mol. The summed E-state index contributed by atoms with van der Waals surface area (Å²) in [7, 11) is 0. The molecule has 15 heavy (non-hydrogen) atoms. The summed E-state index contributed by atoms with van der Waals surface area (Å²) in [5.41, 5.74) is 2.40. The monoisotopic (exact) mass is 205 g/mol. The van der Waals surface area contributed by atoms with Gasteiger partial charge >= 0.3 is 0 Å². The van der Waals surface area contributed by atoms with Crippen LogP contribution in [0.25, 0.3) is 10.9 Å². The summed E-state index contributed by atoms with van der Waals surface area (Å²) in [6.07, 6.45) is -1.03. The van der Waals surface area contributed by atoms with Crippen LogP contribution in [-0.2, 0) is 0 Å². The Balaban J connectivity index is 2.52. The predicted octanol–water partition coefficient (Wildman–Crippen LogP) is 2.55. The number of alkyl halides is 1. The van der Waals surface area contributed by atoms with Crippen LogP contribution in [-0.4, -0.2) is 16.8 Å². The van der Waals surface area contributed by atoms with E-state index in [1.54, 1.807) is 18.2 Å². The normalized spacial score (nSPS) is 13.0. The molecule has 0 bridgehead atoms. The van der Waals surface area contributed by atoms with E-state index in [9.17, 15) is 9.50 Å². The lowest BCUT2D eigenvalue weighted by Gasteiger charge is -2.07. The Kier molecular flexibility index (Phi) is 2.64. The third kappa shape index (κ3) is 1.97. The lowest BCUT2D eigenvalue weighted by Crippen LogP contribution is -1.99. The Morgan fingerprint density at radius 1 is 1.33 bits per heavy atom. The van der Waals surface area contributed by atoms with Gasteiger partial charge in [-0.25, -0.2) is 4.39 Å². The highest BCUT2D eigenvalue weighted by Crippen LogP contribution is 2.19. The molecule has 1 aromatic heterocycles. The first-order valence-electron chi connectivity index (χ1n) is 4.82. The van der Waals surface area contributed by atoms with E-state index in [0.29, 0.717) is 5.56 Å². The molecule has 0 aliphatic carbocycles. The standard InChI is InChI=1S/C12H12FNO/c1-8-2-3-9-6-10(12(15)7-13)4-5-11(9)14-8/h2-6,12,15H,7H2,1H3. The highest BCUT2D eigenvalue weighted by Gasteiger charge is 2.07. The number of fused-ring (bicyclic) bond motifs is 1. The highest BCUT2D eigenvalue weighted by atomic mass is 19.1. The summed E-state index contributed by atoms with van der Waals surface area (Å²) in [6, 6.07) is 9.10. The molecule has 0 spiro atoms. The first-order valence-corrected chi connectivity index (χ1v) is 4.82. The number of halogens is 1. The van der Waals surface area contributed by atoms with Gasteiger partial charge in [0, 0.05) is 11.1 Å². The average molecular weight is 205 g/mol. The number of benzene rings is 1. The van der Waals surface area contributed by atoms with Gasteiger partial charge in [-0.1, -0.05) is 12.1 Å². The van der Waals surface area contributed by atoms with Crippen molar-refractivity contribution in [1.29, 1.82) is 0 Å². The molecule has 0 saturated carbocycles. The lowest BCUT2D eigenvalue weighted by molar-refractivity contribution is 0.142. The average Bonchev–Trinajstić information content (AvgIpc) is 2.27. The van der Waals surface area contributed by atoms with E-state index in [1.165, 1.54) is 0 Å². The summed E-state index contributed by atoms with van der Waals surface area (Å²) < 4.78 is 12.3. The second-order valence-corrected chi connectivity index (χ2v) is 3.57. The van der Waals surface area contributed by atoms with Crippen molar-refractivity contribution in [2.45, 2.75) is 13.0 Å². The van der Waals surface area contributed by atoms with Crippen molar-refractivity contribution in [2.24, 2.45) is 0 Å². The number of hydrogen-bond donors (Lipinski definition) is 1. The molecule has 0 fully saturated rings. The van der Waals surface area contributed by atoms with Crippen LogP contribution in [0.15, 0.2) is 30.3 Å². The first-order chi connectivity index (χ1) is 7.20. The quantitative estimate of drug-likeness (QED) is 0.817. The van der Waals surface area contributed by atoms with Crippen molar-refractivity contribution in [3.05, 3.63) is 41.6 Å². The zero-order chi connectivity index (χ0) is 10.8. The number of nitrogens with zero attached hydrogens (tertiary/aromatic N) is 1. The van der Waals surface area contributed by atoms with Crippen molar-refractivity contribution in [3.8, 4) is 0 Å². The van der Waals surface area contributed by atoms with E-state index < -0.39 is 12.8 Å². The third-order valence-corrected chi connectivity index (χ3v) is 2.38. The maximum Gasteiger partial charge on any atom is 0.119 e. The molecule has 0 amide bonds. The van der Waals surface area contributed by atoms with Gasteiger partial charge < -0.3 is 5.11 Å². The minimum absolute atomic E-state index is 0.593. The van der Waals surface area contributed by atoms with Crippen molar-refractivity contribution in [2.75, 3.05) is 6.67 Å². The third-order valence-electron chi connectivity index (χ3n) is 2.38. The minimum Gasteiger partial charge on any atom is -0.386 e. The Labute approximate surface area is 87.4 Å². The van der Waals surface area contributed by atoms with Crippen LogP contribution in [0.3, 0.4) is 0 Å². The molecule has 1 unspecified atom stereocenters. The van der Waals surface area contributed by atoms with Crippen molar-refractivity contribution >= 4 is 10.9 Å². The van der Waals surface area contributed by atoms with Gasteiger partial charge in [0.25, 0.3) is 0 Å². The fraction of sp³-hybridized carbons (Fsp3) is 0.250. The molecule has 2 nitrogen and oxygen atoms in total. The van der Waals surface area contributed by atoms with Gasteiger partial charge in [0.15, 0.2) is 0 Å². The van der Waals surface area contributed by atoms with Crippen LogP contribution in [0.5, 0.6) is 0 Å². The van der Waals surface area contributed by atoms with E-state index in [4.69, 9.17) is 0 Å². The highest BCUT2D eigenvalue weighted by molar-refractivity contribution is 5.79.